The molecule has 0 saturated carbocycles. The lowest BCUT2D eigenvalue weighted by Crippen LogP contribution is -2.21. The average molecular weight is 479 g/mol. The Kier molecular flexibility index (Phi) is 6.33. The van der Waals surface area contributed by atoms with Gasteiger partial charge in [0.15, 0.2) is 11.6 Å². The van der Waals surface area contributed by atoms with Crippen molar-refractivity contribution in [1.82, 2.24) is 4.57 Å². The molecule has 0 aliphatic rings. The highest BCUT2D eigenvalue weighted by atomic mass is 32.2. The summed E-state index contributed by atoms with van der Waals surface area (Å²) in [5, 5.41) is 6.39. The van der Waals surface area contributed by atoms with Gasteiger partial charge in [-0.25, -0.2) is 13.2 Å². The number of thioether (sulfide) groups is 1. The van der Waals surface area contributed by atoms with Gasteiger partial charge in [-0.05, 0) is 36.4 Å². The lowest BCUT2D eigenvalue weighted by Gasteiger charge is -2.12. The Morgan fingerprint density at radius 3 is 2.55 bits per heavy atom. The molecule has 0 saturated heterocycles. The molecule has 0 amide bonds. The summed E-state index contributed by atoms with van der Waals surface area (Å²) in [7, 11) is 1.23. The number of hydrogen-bond acceptors (Lipinski definition) is 5. The molecule has 166 valence electrons. The number of hydrogen-bond donors (Lipinski definition) is 1. The van der Waals surface area contributed by atoms with E-state index in [9.17, 15) is 36.6 Å². The summed E-state index contributed by atoms with van der Waals surface area (Å²) in [4.78, 5) is 24.4. The highest BCUT2D eigenvalue weighted by Gasteiger charge is 2.42. The van der Waals surface area contributed by atoms with Crippen molar-refractivity contribution in [3.63, 3.8) is 0 Å². The van der Waals surface area contributed by atoms with E-state index in [1.807, 2.05) is 0 Å². The Labute approximate surface area is 180 Å². The van der Waals surface area contributed by atoms with Crippen molar-refractivity contribution in [3.8, 4) is 5.75 Å². The van der Waals surface area contributed by atoms with Gasteiger partial charge in [0.2, 0.25) is 0 Å². The highest BCUT2D eigenvalue weighted by molar-refractivity contribution is 8.02. The highest BCUT2D eigenvalue weighted by Crippen LogP contribution is 2.43. The van der Waals surface area contributed by atoms with Crippen LogP contribution in [0.3, 0.4) is 0 Å². The number of aromatic nitrogens is 1. The summed E-state index contributed by atoms with van der Waals surface area (Å²) in [6.07, 6.45) is -4.34. The van der Waals surface area contributed by atoms with E-state index in [0.29, 0.717) is 11.3 Å². The molecule has 5 nitrogen and oxygen atoms in total. The number of ether oxygens (including phenoxy) is 1. The zero-order valence-corrected chi connectivity index (χ0v) is 17.6. The van der Waals surface area contributed by atoms with Gasteiger partial charge in [-0.3, -0.25) is 14.2 Å². The smallest absolute Gasteiger partial charge is 0.358 e. The van der Waals surface area contributed by atoms with Crippen LogP contribution in [0.15, 0.2) is 27.8 Å². The zero-order valence-electron chi connectivity index (χ0n) is 15.9. The Morgan fingerprint density at radius 1 is 1.29 bits per heavy atom. The third-order valence-corrected chi connectivity index (χ3v) is 6.48. The second-order valence-electron chi connectivity index (χ2n) is 6.40. The molecule has 0 aliphatic carbocycles. The first-order valence-corrected chi connectivity index (χ1v) is 10.2. The third kappa shape index (κ3) is 4.40. The van der Waals surface area contributed by atoms with Crippen LogP contribution in [0.25, 0.3) is 10.9 Å². The molecule has 0 aliphatic heterocycles. The van der Waals surface area contributed by atoms with Crippen LogP contribution in [0.5, 0.6) is 5.75 Å². The minimum Gasteiger partial charge on any atom is -0.494 e. The standard InChI is InChI=1S/C19H14F5NO4S2/c1-8-10(5-15(26)27)11-4-14(29-2)12(20)6-13(11)25(8)17(28)9-3-16(30-7-9)31-19(23,24)18(21)22/h3-4,6-7,18H,5H2,1-2H3,(H,26,27). The molecule has 0 unspecified atom stereocenters. The number of carboxylic acids is 1. The summed E-state index contributed by atoms with van der Waals surface area (Å²) in [5.74, 6) is -2.86. The van der Waals surface area contributed by atoms with Crippen LogP contribution < -0.4 is 4.74 Å². The average Bonchev–Trinajstić information content (AvgIpc) is 3.23. The van der Waals surface area contributed by atoms with Crippen molar-refractivity contribution in [2.75, 3.05) is 7.11 Å². The number of thiophene rings is 1. The maximum atomic E-state index is 14.3. The largest absolute Gasteiger partial charge is 0.494 e. The van der Waals surface area contributed by atoms with Gasteiger partial charge in [0, 0.05) is 22.5 Å². The van der Waals surface area contributed by atoms with Gasteiger partial charge in [0.25, 0.3) is 5.91 Å². The van der Waals surface area contributed by atoms with Crippen LogP contribution in [0.2, 0.25) is 0 Å². The number of alkyl halides is 4. The Bertz CT molecular complexity index is 1170. The second kappa shape index (κ2) is 8.50. The van der Waals surface area contributed by atoms with Gasteiger partial charge < -0.3 is 9.84 Å². The summed E-state index contributed by atoms with van der Waals surface area (Å²) < 4.78 is 71.6. The Hall–Kier alpha value is -2.60. The van der Waals surface area contributed by atoms with E-state index >= 15 is 0 Å². The number of aliphatic carboxylic acids is 1. The summed E-state index contributed by atoms with van der Waals surface area (Å²) >= 11 is 0.318. The Morgan fingerprint density at radius 2 is 1.97 bits per heavy atom. The van der Waals surface area contributed by atoms with Gasteiger partial charge in [-0.2, -0.15) is 8.78 Å². The van der Waals surface area contributed by atoms with Crippen LogP contribution in [-0.4, -0.2) is 40.3 Å². The fourth-order valence-corrected chi connectivity index (χ4v) is 4.88. The molecule has 0 radical (unpaired) electrons. The molecule has 3 rings (SSSR count). The quantitative estimate of drug-likeness (QED) is 0.362. The Balaban J connectivity index is 2.10. The summed E-state index contributed by atoms with van der Waals surface area (Å²) in [6, 6.07) is 3.32. The van der Waals surface area contributed by atoms with Crippen LogP contribution >= 0.6 is 23.1 Å². The number of rotatable bonds is 7. The van der Waals surface area contributed by atoms with Crippen molar-refractivity contribution in [3.05, 3.63) is 46.2 Å². The summed E-state index contributed by atoms with van der Waals surface area (Å²) in [6.45, 7) is 1.47. The van der Waals surface area contributed by atoms with E-state index in [1.165, 1.54) is 25.5 Å². The number of halogens is 5. The fourth-order valence-electron chi connectivity index (χ4n) is 3.06. The van der Waals surface area contributed by atoms with Crippen molar-refractivity contribution in [2.45, 2.75) is 29.2 Å². The van der Waals surface area contributed by atoms with Gasteiger partial charge in [0.05, 0.1) is 28.8 Å². The molecule has 2 aromatic heterocycles. The SMILES string of the molecule is COc1cc2c(CC(=O)O)c(C)n(C(=O)c3csc(SC(F)(F)C(F)F)c3)c2cc1F. The zero-order chi connectivity index (χ0) is 23.1. The van der Waals surface area contributed by atoms with Crippen molar-refractivity contribution >= 4 is 45.9 Å². The molecule has 1 N–H and O–H groups in total. The number of nitrogens with zero attached hydrogens (tertiary/aromatic N) is 1. The minimum atomic E-state index is -4.32. The molecule has 0 spiro atoms. The van der Waals surface area contributed by atoms with E-state index < -0.39 is 35.8 Å². The lowest BCUT2D eigenvalue weighted by molar-refractivity contribution is -0.136. The molecule has 1 aromatic carbocycles. The first-order chi connectivity index (χ1) is 14.5. The first kappa shape index (κ1) is 23.1. The lowest BCUT2D eigenvalue weighted by atomic mass is 10.1. The van der Waals surface area contributed by atoms with Crippen molar-refractivity contribution < 1.29 is 41.4 Å². The normalized spacial score (nSPS) is 12.0. The number of fused-ring (bicyclic) bond motifs is 1. The number of benzene rings is 1. The van der Waals surface area contributed by atoms with Gasteiger partial charge >= 0.3 is 17.6 Å². The molecule has 3 aromatic rings. The fraction of sp³-hybridized carbons (Fsp3) is 0.263. The van der Waals surface area contributed by atoms with Crippen LogP contribution in [0.1, 0.15) is 21.6 Å². The van der Waals surface area contributed by atoms with Crippen LogP contribution in [-0.2, 0) is 11.2 Å². The maximum absolute atomic E-state index is 14.3. The van der Waals surface area contributed by atoms with Gasteiger partial charge in [-0.15, -0.1) is 11.3 Å². The predicted molar refractivity (Wildman–Crippen MR) is 105 cm³/mol. The number of methoxy groups -OCH3 is 1. The van der Waals surface area contributed by atoms with Gasteiger partial charge in [-0.1, -0.05) is 0 Å². The molecular formula is C19H14F5NO4S2. The molecule has 2 heterocycles. The number of carbonyl (C=O) groups excluding carboxylic acids is 1. The number of carboxylic acid groups (broad SMARTS) is 1. The molecule has 12 heteroatoms. The van der Waals surface area contributed by atoms with Crippen molar-refractivity contribution in [1.29, 1.82) is 0 Å². The molecule has 31 heavy (non-hydrogen) atoms. The predicted octanol–water partition coefficient (Wildman–Crippen LogP) is 5.42. The molecular weight excluding hydrogens is 465 g/mol. The molecule has 0 bridgehead atoms. The molecule has 0 atom stereocenters. The topological polar surface area (TPSA) is 68.5 Å². The minimum absolute atomic E-state index is 0.0652. The monoisotopic (exact) mass is 479 g/mol. The van der Waals surface area contributed by atoms with E-state index in [2.05, 4.69) is 0 Å². The van der Waals surface area contributed by atoms with E-state index in [1.54, 1.807) is 0 Å². The molecule has 0 fully saturated rings. The van der Waals surface area contributed by atoms with Crippen molar-refractivity contribution in [2.24, 2.45) is 0 Å². The van der Waals surface area contributed by atoms with E-state index in [-0.39, 0.29) is 49.4 Å². The van der Waals surface area contributed by atoms with E-state index in [0.717, 1.165) is 16.7 Å². The maximum Gasteiger partial charge on any atom is 0.358 e. The van der Waals surface area contributed by atoms with Crippen LogP contribution in [0, 0.1) is 12.7 Å². The summed E-state index contributed by atoms with van der Waals surface area (Å²) in [5.41, 5.74) is 0.447. The second-order valence-corrected chi connectivity index (χ2v) is 8.76. The van der Waals surface area contributed by atoms with Gasteiger partial charge in [0.1, 0.15) is 0 Å². The number of carbonyl (C=O) groups is 2. The first-order valence-electron chi connectivity index (χ1n) is 8.53. The third-order valence-electron chi connectivity index (χ3n) is 4.45. The van der Waals surface area contributed by atoms with Crippen LogP contribution in [0.4, 0.5) is 22.0 Å². The van der Waals surface area contributed by atoms with E-state index in [4.69, 9.17) is 4.74 Å².